The van der Waals surface area contributed by atoms with E-state index < -0.39 is 11.4 Å². The molecule has 0 saturated heterocycles. The Bertz CT molecular complexity index is 1200. The first-order valence-electron chi connectivity index (χ1n) is 8.17. The van der Waals surface area contributed by atoms with Crippen molar-refractivity contribution in [3.63, 3.8) is 0 Å². The number of fused-ring (bicyclic) bond motifs is 1. The molecule has 0 saturated carbocycles. The third-order valence-electron chi connectivity index (χ3n) is 4.01. The normalized spacial score (nSPS) is 10.7. The van der Waals surface area contributed by atoms with Crippen LogP contribution in [-0.2, 0) is 0 Å². The second-order valence-electron chi connectivity index (χ2n) is 5.87. The van der Waals surface area contributed by atoms with Crippen LogP contribution in [0.1, 0.15) is 10.4 Å². The molecule has 3 aromatic carbocycles. The van der Waals surface area contributed by atoms with Crippen LogP contribution in [0.2, 0.25) is 0 Å². The van der Waals surface area contributed by atoms with Crippen molar-refractivity contribution in [1.82, 2.24) is 4.98 Å². The van der Waals surface area contributed by atoms with E-state index in [0.29, 0.717) is 27.7 Å². The number of benzene rings is 3. The fourth-order valence-corrected chi connectivity index (χ4v) is 2.68. The molecular formula is C21H13FN2O3. The lowest BCUT2D eigenvalue weighted by molar-refractivity contribution is 0.102. The van der Waals surface area contributed by atoms with Crippen LogP contribution >= 0.6 is 0 Å². The van der Waals surface area contributed by atoms with E-state index in [1.165, 1.54) is 24.3 Å². The van der Waals surface area contributed by atoms with E-state index in [1.807, 2.05) is 0 Å². The molecule has 1 heterocycles. The molecule has 5 nitrogen and oxygen atoms in total. The van der Waals surface area contributed by atoms with Gasteiger partial charge in [0.25, 0.3) is 5.91 Å². The highest BCUT2D eigenvalue weighted by Gasteiger charge is 2.10. The number of hydrogen-bond donors (Lipinski definition) is 1. The van der Waals surface area contributed by atoms with Crippen molar-refractivity contribution in [3.05, 3.63) is 94.6 Å². The number of carbonyl (C=O) groups excluding carboxylic acids is 1. The molecule has 0 radical (unpaired) electrons. The number of nitrogens with zero attached hydrogens (tertiary/aromatic N) is 1. The van der Waals surface area contributed by atoms with Gasteiger partial charge in [-0.15, -0.1) is 0 Å². The van der Waals surface area contributed by atoms with E-state index in [1.54, 1.807) is 48.5 Å². The number of hydrogen-bond acceptors (Lipinski definition) is 4. The van der Waals surface area contributed by atoms with E-state index in [2.05, 4.69) is 10.3 Å². The maximum absolute atomic E-state index is 13.0. The van der Waals surface area contributed by atoms with Crippen molar-refractivity contribution < 1.29 is 13.6 Å². The lowest BCUT2D eigenvalue weighted by Gasteiger charge is -2.07. The molecule has 1 aromatic heterocycles. The summed E-state index contributed by atoms with van der Waals surface area (Å²) in [6.07, 6.45) is 0. The minimum Gasteiger partial charge on any atom is -0.403 e. The van der Waals surface area contributed by atoms with Gasteiger partial charge in [0, 0.05) is 16.8 Å². The molecule has 27 heavy (non-hydrogen) atoms. The molecule has 4 rings (SSSR count). The van der Waals surface area contributed by atoms with Crippen LogP contribution < -0.4 is 10.9 Å². The van der Waals surface area contributed by atoms with Crippen LogP contribution in [-0.4, -0.2) is 10.9 Å². The molecule has 0 fully saturated rings. The van der Waals surface area contributed by atoms with Crippen LogP contribution in [0.25, 0.3) is 22.4 Å². The molecule has 1 N–H and O–H groups in total. The van der Waals surface area contributed by atoms with Crippen LogP contribution in [0.15, 0.2) is 82.0 Å². The van der Waals surface area contributed by atoms with Crippen molar-refractivity contribution in [2.45, 2.75) is 0 Å². The van der Waals surface area contributed by atoms with E-state index in [9.17, 15) is 14.0 Å². The summed E-state index contributed by atoms with van der Waals surface area (Å²) in [5.74, 6) is -0.623. The second kappa shape index (κ2) is 6.84. The van der Waals surface area contributed by atoms with Crippen LogP contribution in [0, 0.1) is 5.82 Å². The number of nitrogens with one attached hydrogen (secondary N) is 1. The Hall–Kier alpha value is -3.80. The third-order valence-corrected chi connectivity index (χ3v) is 4.01. The Morgan fingerprint density at radius 2 is 1.74 bits per heavy atom. The summed E-state index contributed by atoms with van der Waals surface area (Å²) in [5.41, 5.74) is 1.44. The molecule has 0 aliphatic carbocycles. The molecule has 0 atom stereocenters. The molecule has 6 heteroatoms. The van der Waals surface area contributed by atoms with Gasteiger partial charge in [0.05, 0.1) is 10.9 Å². The van der Waals surface area contributed by atoms with Gasteiger partial charge in [-0.1, -0.05) is 18.2 Å². The molecule has 0 bridgehead atoms. The Morgan fingerprint density at radius 1 is 0.963 bits per heavy atom. The van der Waals surface area contributed by atoms with Gasteiger partial charge in [0.1, 0.15) is 5.82 Å². The molecule has 0 unspecified atom stereocenters. The summed E-state index contributed by atoms with van der Waals surface area (Å²) < 4.78 is 18.3. The number of para-hydroxylation sites is 1. The van der Waals surface area contributed by atoms with Gasteiger partial charge in [-0.2, -0.15) is 0 Å². The van der Waals surface area contributed by atoms with Gasteiger partial charge in [-0.3, -0.25) is 4.79 Å². The third kappa shape index (κ3) is 3.46. The molecular weight excluding hydrogens is 347 g/mol. The lowest BCUT2D eigenvalue weighted by Crippen LogP contribution is -2.11. The Balaban J connectivity index is 1.66. The van der Waals surface area contributed by atoms with Crippen LogP contribution in [0.4, 0.5) is 10.1 Å². The number of anilines is 1. The average molecular weight is 360 g/mol. The van der Waals surface area contributed by atoms with Crippen LogP contribution in [0.5, 0.6) is 0 Å². The monoisotopic (exact) mass is 360 g/mol. The number of rotatable bonds is 3. The van der Waals surface area contributed by atoms with Gasteiger partial charge in [0.15, 0.2) is 0 Å². The average Bonchev–Trinajstić information content (AvgIpc) is 2.68. The number of aromatic nitrogens is 1. The van der Waals surface area contributed by atoms with E-state index >= 15 is 0 Å². The number of carbonyl (C=O) groups is 1. The van der Waals surface area contributed by atoms with Gasteiger partial charge in [0.2, 0.25) is 5.89 Å². The molecule has 132 valence electrons. The summed E-state index contributed by atoms with van der Waals surface area (Å²) in [7, 11) is 0. The first-order chi connectivity index (χ1) is 13.1. The highest BCUT2D eigenvalue weighted by Crippen LogP contribution is 2.22. The Labute approximate surface area is 153 Å². The zero-order valence-electron chi connectivity index (χ0n) is 14.0. The maximum Gasteiger partial charge on any atom is 0.347 e. The van der Waals surface area contributed by atoms with Gasteiger partial charge >= 0.3 is 5.63 Å². The predicted octanol–water partition coefficient (Wildman–Crippen LogP) is 4.25. The molecule has 0 spiro atoms. The van der Waals surface area contributed by atoms with Crippen LogP contribution in [0.3, 0.4) is 0 Å². The van der Waals surface area contributed by atoms with Gasteiger partial charge in [-0.25, -0.2) is 14.2 Å². The highest BCUT2D eigenvalue weighted by atomic mass is 19.1. The second-order valence-corrected chi connectivity index (χ2v) is 5.87. The van der Waals surface area contributed by atoms with Crippen molar-refractivity contribution in [3.8, 4) is 11.5 Å². The Morgan fingerprint density at radius 3 is 2.56 bits per heavy atom. The maximum atomic E-state index is 13.0. The number of halogens is 1. The summed E-state index contributed by atoms with van der Waals surface area (Å²) in [4.78, 5) is 28.8. The zero-order valence-corrected chi connectivity index (χ0v) is 14.0. The van der Waals surface area contributed by atoms with E-state index in [-0.39, 0.29) is 11.8 Å². The Kier molecular flexibility index (Phi) is 4.22. The van der Waals surface area contributed by atoms with Crippen molar-refractivity contribution >= 4 is 22.5 Å². The SMILES string of the molecule is O=C(Nc1cccc(-c2nc3ccccc3c(=O)o2)c1)c1ccc(F)cc1. The molecule has 0 aliphatic heterocycles. The zero-order chi connectivity index (χ0) is 18.8. The summed E-state index contributed by atoms with van der Waals surface area (Å²) in [6.45, 7) is 0. The minimum atomic E-state index is -0.476. The summed E-state index contributed by atoms with van der Waals surface area (Å²) in [5, 5.41) is 3.14. The van der Waals surface area contributed by atoms with Crippen molar-refractivity contribution in [2.24, 2.45) is 0 Å². The topological polar surface area (TPSA) is 72.2 Å². The van der Waals surface area contributed by atoms with Crippen molar-refractivity contribution in [2.75, 3.05) is 5.32 Å². The fourth-order valence-electron chi connectivity index (χ4n) is 2.68. The molecule has 4 aromatic rings. The van der Waals surface area contributed by atoms with E-state index in [0.717, 1.165) is 0 Å². The van der Waals surface area contributed by atoms with Crippen molar-refractivity contribution in [1.29, 1.82) is 0 Å². The largest absolute Gasteiger partial charge is 0.403 e. The smallest absolute Gasteiger partial charge is 0.347 e. The highest BCUT2D eigenvalue weighted by molar-refractivity contribution is 6.04. The number of amides is 1. The first kappa shape index (κ1) is 16.7. The predicted molar refractivity (Wildman–Crippen MR) is 100 cm³/mol. The van der Waals surface area contributed by atoms with E-state index in [4.69, 9.17) is 4.42 Å². The van der Waals surface area contributed by atoms with Gasteiger partial charge < -0.3 is 9.73 Å². The molecule has 1 amide bonds. The summed E-state index contributed by atoms with van der Waals surface area (Å²) in [6, 6.07) is 19.0. The fraction of sp³-hybridized carbons (Fsp3) is 0. The summed E-state index contributed by atoms with van der Waals surface area (Å²) >= 11 is 0. The van der Waals surface area contributed by atoms with Gasteiger partial charge in [-0.05, 0) is 54.6 Å². The lowest BCUT2D eigenvalue weighted by atomic mass is 10.1. The quantitative estimate of drug-likeness (QED) is 0.593. The first-order valence-corrected chi connectivity index (χ1v) is 8.17. The minimum absolute atomic E-state index is 0.164. The standard InChI is InChI=1S/C21H13FN2O3/c22-15-10-8-13(9-11-15)19(25)23-16-5-3-4-14(12-16)20-24-18-7-2-1-6-17(18)21(26)27-20/h1-12H,(H,23,25). The molecule has 0 aliphatic rings.